The fourth-order valence-electron chi connectivity index (χ4n) is 1.78. The van der Waals surface area contributed by atoms with Crippen LogP contribution >= 0.6 is 0 Å². The van der Waals surface area contributed by atoms with Gasteiger partial charge in [-0.15, -0.1) is 0 Å². The van der Waals surface area contributed by atoms with Crippen molar-refractivity contribution in [3.63, 3.8) is 0 Å². The lowest BCUT2D eigenvalue weighted by Crippen LogP contribution is -2.14. The van der Waals surface area contributed by atoms with Crippen LogP contribution in [0, 0.1) is 0 Å². The molecule has 0 aliphatic heterocycles. The molecule has 2 aromatic rings. The van der Waals surface area contributed by atoms with Gasteiger partial charge in [0.1, 0.15) is 24.5 Å². The van der Waals surface area contributed by atoms with Crippen molar-refractivity contribution in [3.8, 4) is 0 Å². The van der Waals surface area contributed by atoms with Gasteiger partial charge in [0.15, 0.2) is 0 Å². The summed E-state index contributed by atoms with van der Waals surface area (Å²) in [5.74, 6) is -1.57. The fraction of sp³-hybridized carbons (Fsp3) is 0.385. The Morgan fingerprint density at radius 1 is 1.13 bits per heavy atom. The average Bonchev–Trinajstić information content (AvgIpc) is 3.09. The molecule has 23 heavy (non-hydrogen) atoms. The normalized spacial score (nSPS) is 10.8. The molecular formula is C13H14F2N4O4. The molecule has 2 heterocycles. The molecule has 0 saturated carbocycles. The maximum absolute atomic E-state index is 12.7. The van der Waals surface area contributed by atoms with E-state index in [9.17, 15) is 18.4 Å². The molecule has 0 fully saturated rings. The minimum atomic E-state index is -2.89. The Hall–Kier alpha value is -2.78. The zero-order chi connectivity index (χ0) is 17.0. The molecule has 0 unspecified atom stereocenters. The monoisotopic (exact) mass is 328 g/mol. The minimum absolute atomic E-state index is 0.205. The van der Waals surface area contributed by atoms with Gasteiger partial charge in [0, 0.05) is 26.5 Å². The molecular weight excluding hydrogens is 314 g/mol. The van der Waals surface area contributed by atoms with Crippen molar-refractivity contribution in [1.29, 1.82) is 0 Å². The zero-order valence-electron chi connectivity index (χ0n) is 12.4. The van der Waals surface area contributed by atoms with Crippen LogP contribution in [-0.2, 0) is 23.6 Å². The molecule has 8 nitrogen and oxygen atoms in total. The fourth-order valence-corrected chi connectivity index (χ4v) is 1.78. The molecule has 124 valence electrons. The molecule has 0 atom stereocenters. The van der Waals surface area contributed by atoms with E-state index in [1.54, 1.807) is 7.05 Å². The summed E-state index contributed by atoms with van der Waals surface area (Å²) in [4.78, 5) is 23.3. The highest BCUT2D eigenvalue weighted by atomic mass is 19.3. The standard InChI is InChI=1S/C13H14F2N4O4/c1-18-6-8(5-16-18)12(20)22-3-4-23-13(21)9-7-19(2)17-10(9)11(14)15/h5-7,11H,3-4H2,1-2H3. The van der Waals surface area contributed by atoms with Gasteiger partial charge in [-0.05, 0) is 0 Å². The number of hydrogen-bond donors (Lipinski definition) is 0. The predicted molar refractivity (Wildman–Crippen MR) is 71.9 cm³/mol. The van der Waals surface area contributed by atoms with Crippen LogP contribution < -0.4 is 0 Å². The van der Waals surface area contributed by atoms with Crippen molar-refractivity contribution in [2.24, 2.45) is 14.1 Å². The Bertz CT molecular complexity index is 711. The van der Waals surface area contributed by atoms with Gasteiger partial charge >= 0.3 is 11.9 Å². The summed E-state index contributed by atoms with van der Waals surface area (Å²) in [5.41, 5.74) is -0.711. The van der Waals surface area contributed by atoms with Crippen LogP contribution in [0.4, 0.5) is 8.78 Å². The summed E-state index contributed by atoms with van der Waals surface area (Å²) in [7, 11) is 3.06. The predicted octanol–water partition coefficient (Wildman–Crippen LogP) is 1.10. The zero-order valence-corrected chi connectivity index (χ0v) is 12.4. The molecule has 0 spiro atoms. The Morgan fingerprint density at radius 3 is 2.35 bits per heavy atom. The summed E-state index contributed by atoms with van der Waals surface area (Å²) < 4.78 is 37.7. The summed E-state index contributed by atoms with van der Waals surface area (Å²) in [6.07, 6.45) is 1.06. The molecule has 0 N–H and O–H groups in total. The lowest BCUT2D eigenvalue weighted by molar-refractivity contribution is 0.0261. The smallest absolute Gasteiger partial charge is 0.341 e. The van der Waals surface area contributed by atoms with Crippen molar-refractivity contribution < 1.29 is 27.8 Å². The minimum Gasteiger partial charge on any atom is -0.458 e. The first-order valence-corrected chi connectivity index (χ1v) is 6.53. The van der Waals surface area contributed by atoms with E-state index in [-0.39, 0.29) is 24.3 Å². The Kier molecular flexibility index (Phi) is 5.04. The van der Waals surface area contributed by atoms with Gasteiger partial charge in [0.2, 0.25) is 0 Å². The molecule has 0 radical (unpaired) electrons. The van der Waals surface area contributed by atoms with Gasteiger partial charge in [-0.3, -0.25) is 9.36 Å². The van der Waals surface area contributed by atoms with Crippen LogP contribution in [0.2, 0.25) is 0 Å². The lowest BCUT2D eigenvalue weighted by Gasteiger charge is -2.05. The van der Waals surface area contributed by atoms with Crippen molar-refractivity contribution >= 4 is 11.9 Å². The quantitative estimate of drug-likeness (QED) is 0.583. The lowest BCUT2D eigenvalue weighted by atomic mass is 10.2. The van der Waals surface area contributed by atoms with Crippen LogP contribution in [0.3, 0.4) is 0 Å². The average molecular weight is 328 g/mol. The SMILES string of the molecule is Cn1cc(C(=O)OCCOC(=O)c2cn(C)nc2C(F)F)cn1. The first-order valence-electron chi connectivity index (χ1n) is 6.53. The summed E-state index contributed by atoms with van der Waals surface area (Å²) in [6, 6.07) is 0. The maximum Gasteiger partial charge on any atom is 0.341 e. The molecule has 2 rings (SSSR count). The third-order valence-electron chi connectivity index (χ3n) is 2.77. The second-order valence-electron chi connectivity index (χ2n) is 4.58. The number of esters is 2. The van der Waals surface area contributed by atoms with Gasteiger partial charge in [0.05, 0.1) is 11.8 Å². The highest BCUT2D eigenvalue weighted by molar-refractivity contribution is 5.90. The van der Waals surface area contributed by atoms with Crippen LogP contribution in [0.25, 0.3) is 0 Å². The number of ether oxygens (including phenoxy) is 2. The third-order valence-corrected chi connectivity index (χ3v) is 2.77. The van der Waals surface area contributed by atoms with Crippen LogP contribution in [0.1, 0.15) is 32.8 Å². The topological polar surface area (TPSA) is 88.2 Å². The van der Waals surface area contributed by atoms with E-state index < -0.39 is 24.1 Å². The second-order valence-corrected chi connectivity index (χ2v) is 4.58. The number of aromatic nitrogens is 4. The molecule has 0 aliphatic rings. The van der Waals surface area contributed by atoms with Gasteiger partial charge in [-0.2, -0.15) is 10.2 Å². The largest absolute Gasteiger partial charge is 0.458 e. The number of carbonyl (C=O) groups excluding carboxylic acids is 2. The van der Waals surface area contributed by atoms with Crippen molar-refractivity contribution in [2.45, 2.75) is 6.43 Å². The molecule has 0 aromatic carbocycles. The number of aryl methyl sites for hydroxylation is 2. The highest BCUT2D eigenvalue weighted by Crippen LogP contribution is 2.21. The van der Waals surface area contributed by atoms with E-state index in [1.165, 1.54) is 24.1 Å². The van der Waals surface area contributed by atoms with E-state index in [1.807, 2.05) is 0 Å². The second kappa shape index (κ2) is 6.99. The van der Waals surface area contributed by atoms with Gasteiger partial charge < -0.3 is 9.47 Å². The van der Waals surface area contributed by atoms with Gasteiger partial charge in [-0.25, -0.2) is 18.4 Å². The first kappa shape index (κ1) is 16.6. The van der Waals surface area contributed by atoms with E-state index >= 15 is 0 Å². The number of rotatable bonds is 6. The van der Waals surface area contributed by atoms with Gasteiger partial charge in [-0.1, -0.05) is 0 Å². The Morgan fingerprint density at radius 2 is 1.78 bits per heavy atom. The summed E-state index contributed by atoms with van der Waals surface area (Å²) in [5, 5.41) is 7.31. The van der Waals surface area contributed by atoms with E-state index in [2.05, 4.69) is 10.2 Å². The van der Waals surface area contributed by atoms with Gasteiger partial charge in [0.25, 0.3) is 6.43 Å². The van der Waals surface area contributed by atoms with E-state index in [0.29, 0.717) is 0 Å². The maximum atomic E-state index is 12.7. The van der Waals surface area contributed by atoms with Crippen LogP contribution in [0.15, 0.2) is 18.6 Å². The van der Waals surface area contributed by atoms with E-state index in [4.69, 9.17) is 9.47 Å². The first-order chi connectivity index (χ1) is 10.9. The van der Waals surface area contributed by atoms with Crippen LogP contribution in [0.5, 0.6) is 0 Å². The summed E-state index contributed by atoms with van der Waals surface area (Å²) in [6.45, 7) is -0.466. The Balaban J connectivity index is 1.82. The number of halogens is 2. The number of alkyl halides is 2. The molecule has 0 amide bonds. The molecule has 0 aliphatic carbocycles. The van der Waals surface area contributed by atoms with Crippen molar-refractivity contribution in [3.05, 3.63) is 35.4 Å². The molecule has 2 aromatic heterocycles. The summed E-state index contributed by atoms with van der Waals surface area (Å²) >= 11 is 0. The molecule has 0 saturated heterocycles. The molecule has 0 bridgehead atoms. The third kappa shape index (κ3) is 4.11. The van der Waals surface area contributed by atoms with Crippen LogP contribution in [-0.4, -0.2) is 44.7 Å². The highest BCUT2D eigenvalue weighted by Gasteiger charge is 2.23. The number of hydrogen-bond acceptors (Lipinski definition) is 6. The number of nitrogens with zero attached hydrogens (tertiary/aromatic N) is 4. The van der Waals surface area contributed by atoms with Crippen molar-refractivity contribution in [1.82, 2.24) is 19.6 Å². The van der Waals surface area contributed by atoms with E-state index in [0.717, 1.165) is 10.9 Å². The number of carbonyl (C=O) groups is 2. The van der Waals surface area contributed by atoms with Crippen molar-refractivity contribution in [2.75, 3.05) is 13.2 Å². The molecule has 10 heteroatoms. The Labute approximate surface area is 129 Å².